The van der Waals surface area contributed by atoms with Crippen molar-refractivity contribution in [1.82, 2.24) is 10.2 Å². The van der Waals surface area contributed by atoms with Crippen molar-refractivity contribution in [3.8, 4) is 5.75 Å². The number of amides is 2. The van der Waals surface area contributed by atoms with Crippen LogP contribution in [0.25, 0.3) is 0 Å². The molecule has 1 fully saturated rings. The summed E-state index contributed by atoms with van der Waals surface area (Å²) in [6, 6.07) is 23.9. The third kappa shape index (κ3) is 9.32. The summed E-state index contributed by atoms with van der Waals surface area (Å²) < 4.78 is 32.1. The Morgan fingerprint density at radius 2 is 1.63 bits per heavy atom. The number of hydrogen-bond donors (Lipinski definition) is 1. The van der Waals surface area contributed by atoms with Crippen LogP contribution in [0.1, 0.15) is 55.2 Å². The van der Waals surface area contributed by atoms with E-state index in [0.717, 1.165) is 42.4 Å². The molecule has 0 aliphatic heterocycles. The minimum atomic E-state index is -3.56. The molecule has 0 unspecified atom stereocenters. The minimum Gasteiger partial charge on any atom is -0.497 e. The summed E-state index contributed by atoms with van der Waals surface area (Å²) in [5.41, 5.74) is 3.39. The quantitative estimate of drug-likeness (QED) is 0.271. The van der Waals surface area contributed by atoms with Gasteiger partial charge in [-0.15, -0.1) is 0 Å². The first-order valence-corrected chi connectivity index (χ1v) is 16.8. The summed E-state index contributed by atoms with van der Waals surface area (Å²) in [6.07, 6.45) is 5.97. The Kier molecular flexibility index (Phi) is 11.2. The minimum absolute atomic E-state index is 0.0872. The fraction of sp³-hybridized carbons (Fsp3) is 0.412. The Morgan fingerprint density at radius 1 is 0.953 bits per heavy atom. The molecule has 1 aliphatic carbocycles. The molecular formula is C34H43N3O5S. The Labute approximate surface area is 256 Å². The molecule has 9 heteroatoms. The van der Waals surface area contributed by atoms with Gasteiger partial charge in [-0.05, 0) is 61.6 Å². The lowest BCUT2D eigenvalue weighted by Gasteiger charge is -2.33. The smallest absolute Gasteiger partial charge is 0.243 e. The fourth-order valence-corrected chi connectivity index (χ4v) is 6.57. The zero-order chi connectivity index (χ0) is 30.8. The van der Waals surface area contributed by atoms with Gasteiger partial charge >= 0.3 is 0 Å². The van der Waals surface area contributed by atoms with Gasteiger partial charge in [0, 0.05) is 32.0 Å². The highest BCUT2D eigenvalue weighted by atomic mass is 32.2. The van der Waals surface area contributed by atoms with E-state index in [1.54, 1.807) is 24.1 Å². The molecular weight excluding hydrogens is 562 g/mol. The first kappa shape index (κ1) is 32.1. The number of benzene rings is 3. The Hall–Kier alpha value is -3.85. The van der Waals surface area contributed by atoms with Gasteiger partial charge in [0.05, 0.1) is 19.1 Å². The Bertz CT molecular complexity index is 1450. The molecule has 0 radical (unpaired) electrons. The summed E-state index contributed by atoms with van der Waals surface area (Å²) in [5.74, 6) is 0.300. The van der Waals surface area contributed by atoms with E-state index in [2.05, 4.69) is 5.32 Å². The van der Waals surface area contributed by atoms with Crippen molar-refractivity contribution in [3.63, 3.8) is 0 Å². The van der Waals surface area contributed by atoms with Gasteiger partial charge in [-0.25, -0.2) is 8.42 Å². The van der Waals surface area contributed by atoms with Gasteiger partial charge in [-0.2, -0.15) is 0 Å². The number of methoxy groups -OCH3 is 1. The van der Waals surface area contributed by atoms with Crippen molar-refractivity contribution >= 4 is 27.5 Å². The molecule has 1 N–H and O–H groups in total. The number of anilines is 1. The maximum absolute atomic E-state index is 14.0. The molecule has 1 atom stereocenters. The van der Waals surface area contributed by atoms with Crippen molar-refractivity contribution < 1.29 is 22.7 Å². The second kappa shape index (κ2) is 15.0. The van der Waals surface area contributed by atoms with Gasteiger partial charge in [0.1, 0.15) is 11.8 Å². The standard InChI is InChI=1S/C34H43N3O5S/c1-26-18-20-30(21-19-26)37(43(3,40)41)22-10-17-33(38)36(25-28-13-9-16-31(23-28)42-2)32(24-27-11-5-4-6-12-27)34(39)35-29-14-7-8-15-29/h4-6,9,11-13,16,18-21,23,29,32H,7-8,10,14-15,17,22,24-25H2,1-3H3,(H,35,39)/t32-/m1/s1. The molecule has 8 nitrogen and oxygen atoms in total. The van der Waals surface area contributed by atoms with E-state index in [0.29, 0.717) is 24.3 Å². The number of carbonyl (C=O) groups is 2. The number of ether oxygens (including phenoxy) is 1. The highest BCUT2D eigenvalue weighted by Gasteiger charge is 2.32. The number of nitrogens with zero attached hydrogens (tertiary/aromatic N) is 2. The van der Waals surface area contributed by atoms with Crippen molar-refractivity contribution in [2.75, 3.05) is 24.2 Å². The van der Waals surface area contributed by atoms with Crippen LogP contribution in [0.4, 0.5) is 5.69 Å². The molecule has 3 aromatic carbocycles. The molecule has 1 saturated carbocycles. The zero-order valence-corrected chi connectivity index (χ0v) is 26.2. The van der Waals surface area contributed by atoms with E-state index in [1.807, 2.05) is 73.7 Å². The molecule has 0 spiro atoms. The van der Waals surface area contributed by atoms with Crippen LogP contribution in [0.15, 0.2) is 78.9 Å². The highest BCUT2D eigenvalue weighted by molar-refractivity contribution is 7.92. The van der Waals surface area contributed by atoms with E-state index in [-0.39, 0.29) is 37.4 Å². The monoisotopic (exact) mass is 605 g/mol. The topological polar surface area (TPSA) is 96.0 Å². The van der Waals surface area contributed by atoms with E-state index in [1.165, 1.54) is 10.6 Å². The molecule has 1 aliphatic rings. The first-order chi connectivity index (χ1) is 20.6. The number of rotatable bonds is 14. The molecule has 0 saturated heterocycles. The number of hydrogen-bond acceptors (Lipinski definition) is 5. The van der Waals surface area contributed by atoms with E-state index >= 15 is 0 Å². The maximum atomic E-state index is 14.0. The first-order valence-electron chi connectivity index (χ1n) is 14.9. The average molecular weight is 606 g/mol. The van der Waals surface area contributed by atoms with Crippen LogP contribution in [-0.4, -0.2) is 57.1 Å². The van der Waals surface area contributed by atoms with Crippen molar-refractivity contribution in [2.45, 2.75) is 70.5 Å². The van der Waals surface area contributed by atoms with Crippen LogP contribution in [0.3, 0.4) is 0 Å². The second-order valence-electron chi connectivity index (χ2n) is 11.3. The maximum Gasteiger partial charge on any atom is 0.243 e. The number of carbonyl (C=O) groups excluding carboxylic acids is 2. The van der Waals surface area contributed by atoms with E-state index < -0.39 is 16.1 Å². The highest BCUT2D eigenvalue weighted by Crippen LogP contribution is 2.23. The Morgan fingerprint density at radius 3 is 2.28 bits per heavy atom. The molecule has 43 heavy (non-hydrogen) atoms. The van der Waals surface area contributed by atoms with Crippen LogP contribution in [0, 0.1) is 6.92 Å². The zero-order valence-electron chi connectivity index (χ0n) is 25.4. The van der Waals surface area contributed by atoms with Gasteiger partial charge in [0.25, 0.3) is 0 Å². The molecule has 0 bridgehead atoms. The van der Waals surface area contributed by atoms with Gasteiger partial charge in [0.15, 0.2) is 0 Å². The molecule has 3 aromatic rings. The predicted octanol–water partition coefficient (Wildman–Crippen LogP) is 5.25. The SMILES string of the molecule is COc1cccc(CN(C(=O)CCCN(c2ccc(C)cc2)S(C)(=O)=O)[C@H](Cc2ccccc2)C(=O)NC2CCCC2)c1. The van der Waals surface area contributed by atoms with Gasteiger partial charge in [-0.1, -0.05) is 73.0 Å². The van der Waals surface area contributed by atoms with Crippen LogP contribution < -0.4 is 14.4 Å². The van der Waals surface area contributed by atoms with E-state index in [9.17, 15) is 18.0 Å². The third-order valence-electron chi connectivity index (χ3n) is 7.93. The van der Waals surface area contributed by atoms with Gasteiger partial charge < -0.3 is 15.0 Å². The summed E-state index contributed by atoms with van der Waals surface area (Å²) in [5, 5.41) is 3.22. The van der Waals surface area contributed by atoms with Gasteiger partial charge in [0.2, 0.25) is 21.8 Å². The molecule has 0 aromatic heterocycles. The van der Waals surface area contributed by atoms with Crippen LogP contribution >= 0.6 is 0 Å². The molecule has 0 heterocycles. The number of aryl methyl sites for hydroxylation is 1. The normalized spacial score (nSPS) is 14.2. The van der Waals surface area contributed by atoms with Crippen LogP contribution in [-0.2, 0) is 32.6 Å². The largest absolute Gasteiger partial charge is 0.497 e. The fourth-order valence-electron chi connectivity index (χ4n) is 5.60. The average Bonchev–Trinajstić information content (AvgIpc) is 3.50. The third-order valence-corrected chi connectivity index (χ3v) is 9.13. The van der Waals surface area contributed by atoms with Crippen LogP contribution in [0.5, 0.6) is 5.75 Å². The summed E-state index contributed by atoms with van der Waals surface area (Å²) in [7, 11) is -1.96. The lowest BCUT2D eigenvalue weighted by atomic mass is 10.0. The van der Waals surface area contributed by atoms with Crippen molar-refractivity contribution in [1.29, 1.82) is 0 Å². The summed E-state index contributed by atoms with van der Waals surface area (Å²) in [6.45, 7) is 2.32. The predicted molar refractivity (Wildman–Crippen MR) is 170 cm³/mol. The van der Waals surface area contributed by atoms with Crippen molar-refractivity contribution in [2.24, 2.45) is 0 Å². The van der Waals surface area contributed by atoms with E-state index in [4.69, 9.17) is 4.74 Å². The Balaban J connectivity index is 1.59. The van der Waals surface area contributed by atoms with Gasteiger partial charge in [-0.3, -0.25) is 13.9 Å². The van der Waals surface area contributed by atoms with Crippen LogP contribution in [0.2, 0.25) is 0 Å². The number of nitrogens with one attached hydrogen (secondary N) is 1. The lowest BCUT2D eigenvalue weighted by Crippen LogP contribution is -2.52. The molecule has 2 amide bonds. The second-order valence-corrected chi connectivity index (χ2v) is 13.2. The molecule has 4 rings (SSSR count). The lowest BCUT2D eigenvalue weighted by molar-refractivity contribution is -0.141. The summed E-state index contributed by atoms with van der Waals surface area (Å²) >= 11 is 0. The molecule has 230 valence electrons. The summed E-state index contributed by atoms with van der Waals surface area (Å²) in [4.78, 5) is 29.6. The van der Waals surface area contributed by atoms with Crippen molar-refractivity contribution in [3.05, 3.63) is 95.6 Å². The number of sulfonamides is 1.